The SMILES string of the molecule is O=[Si]([O-])[O-].O=[Si]([O-])[O-].[Ba+2].[K+].[K+]. The van der Waals surface area contributed by atoms with E-state index in [1.807, 2.05) is 0 Å². The summed E-state index contributed by atoms with van der Waals surface area (Å²) in [4.78, 5) is 34.1. The quantitative estimate of drug-likeness (QED) is 0.391. The topological polar surface area (TPSA) is 126 Å². The first-order valence-electron chi connectivity index (χ1n) is 1.22. The van der Waals surface area contributed by atoms with E-state index in [0.29, 0.717) is 0 Å². The van der Waals surface area contributed by atoms with E-state index < -0.39 is 18.3 Å². The molecule has 0 aliphatic carbocycles. The molecule has 0 aromatic rings. The van der Waals surface area contributed by atoms with E-state index in [1.165, 1.54) is 0 Å². The molecule has 11 heteroatoms. The van der Waals surface area contributed by atoms with Crippen molar-refractivity contribution < 1.29 is 131 Å². The summed E-state index contributed by atoms with van der Waals surface area (Å²) in [6.45, 7) is 0. The number of rotatable bonds is 0. The predicted molar refractivity (Wildman–Crippen MR) is 18.6 cm³/mol. The fourth-order valence-electron chi connectivity index (χ4n) is 0. The van der Waals surface area contributed by atoms with Crippen LogP contribution in [0.15, 0.2) is 0 Å². The van der Waals surface area contributed by atoms with E-state index in [2.05, 4.69) is 0 Å². The monoisotopic (exact) mass is 368 g/mol. The zero-order chi connectivity index (χ0) is 7.15. The second kappa shape index (κ2) is 23.7. The summed E-state index contributed by atoms with van der Waals surface area (Å²) in [7, 11) is -7.26. The van der Waals surface area contributed by atoms with Gasteiger partial charge in [0.2, 0.25) is 0 Å². The van der Waals surface area contributed by atoms with Crippen LogP contribution in [0.25, 0.3) is 0 Å². The van der Waals surface area contributed by atoms with Gasteiger partial charge in [0.15, 0.2) is 0 Å². The maximum absolute atomic E-state index is 8.52. The Bertz CT molecular complexity index is 76.6. The van der Waals surface area contributed by atoms with Crippen LogP contribution in [0.3, 0.4) is 0 Å². The summed E-state index contributed by atoms with van der Waals surface area (Å²) >= 11 is 0. The predicted octanol–water partition coefficient (Wildman–Crippen LogP) is -12.1. The Balaban J connectivity index is -0.0000000171. The van der Waals surface area contributed by atoms with E-state index >= 15 is 0 Å². The van der Waals surface area contributed by atoms with Crippen LogP contribution >= 0.6 is 0 Å². The van der Waals surface area contributed by atoms with Gasteiger partial charge in [-0.05, 0) is 0 Å². The largest absolute Gasteiger partial charge is 2.00 e. The van der Waals surface area contributed by atoms with Crippen LogP contribution in [0, 0.1) is 0 Å². The van der Waals surface area contributed by atoms with Gasteiger partial charge in [0.1, 0.15) is 0 Å². The fraction of sp³-hybridized carbons (Fsp3) is 0. The first kappa shape index (κ1) is 29.4. The molecule has 0 N–H and O–H groups in total. The zero-order valence-corrected chi connectivity index (χ0v) is 18.8. The van der Waals surface area contributed by atoms with Crippen molar-refractivity contribution in [2.75, 3.05) is 0 Å². The molecular weight excluding hydrogens is 368 g/mol. The molecular formula is BaK2O6Si2. The Morgan fingerprint density at radius 2 is 0.727 bits per heavy atom. The molecule has 0 atom stereocenters. The minimum atomic E-state index is -3.63. The Labute approximate surface area is 192 Å². The standard InChI is InChI=1S/Ba.2K.2O3Si/c;;;2*1-4(2)3/q+2;2*+1;2*-2. The molecule has 6 nitrogen and oxygen atoms in total. The van der Waals surface area contributed by atoms with Crippen LogP contribution in [0.1, 0.15) is 0 Å². The molecule has 0 aromatic carbocycles. The zero-order valence-electron chi connectivity index (χ0n) is 6.16. The Kier molecular flexibility index (Phi) is 63.4. The van der Waals surface area contributed by atoms with Crippen LogP contribution in [-0.2, 0) is 8.92 Å². The van der Waals surface area contributed by atoms with Gasteiger partial charge in [0, 0.05) is 18.3 Å². The van der Waals surface area contributed by atoms with Crippen LogP contribution in [0.2, 0.25) is 0 Å². The van der Waals surface area contributed by atoms with Gasteiger partial charge in [0.05, 0.1) is 0 Å². The van der Waals surface area contributed by atoms with Crippen LogP contribution in [0.5, 0.6) is 0 Å². The van der Waals surface area contributed by atoms with Crippen LogP contribution in [0.4, 0.5) is 0 Å². The molecule has 0 fully saturated rings. The van der Waals surface area contributed by atoms with Gasteiger partial charge >= 0.3 is 152 Å². The van der Waals surface area contributed by atoms with Crippen molar-refractivity contribution in [1.82, 2.24) is 0 Å². The third kappa shape index (κ3) is 123. The first-order valence-corrected chi connectivity index (χ1v) is 3.67. The summed E-state index contributed by atoms with van der Waals surface area (Å²) in [5, 5.41) is 0. The van der Waals surface area contributed by atoms with Gasteiger partial charge in [-0.1, -0.05) is 0 Å². The van der Waals surface area contributed by atoms with Crippen molar-refractivity contribution in [2.24, 2.45) is 0 Å². The maximum Gasteiger partial charge on any atom is 2.00 e. The van der Waals surface area contributed by atoms with Gasteiger partial charge in [0.25, 0.3) is 0 Å². The van der Waals surface area contributed by atoms with Gasteiger partial charge in [-0.2, -0.15) is 0 Å². The maximum atomic E-state index is 8.52. The Hall–Kier alpha value is 4.08. The van der Waals surface area contributed by atoms with Crippen LogP contribution in [-0.4, -0.2) is 67.2 Å². The fourth-order valence-corrected chi connectivity index (χ4v) is 0. The summed E-state index contributed by atoms with van der Waals surface area (Å²) < 4.78 is 17.0. The molecule has 0 spiro atoms. The van der Waals surface area contributed by atoms with Gasteiger partial charge in [-0.25, -0.2) is 0 Å². The molecule has 0 aliphatic rings. The van der Waals surface area contributed by atoms with E-state index in [4.69, 9.17) is 28.1 Å². The third-order valence-corrected chi connectivity index (χ3v) is 0. The summed E-state index contributed by atoms with van der Waals surface area (Å²) in [5.41, 5.74) is 0. The van der Waals surface area contributed by atoms with Crippen molar-refractivity contribution in [1.29, 1.82) is 0 Å². The minimum Gasteiger partial charge on any atom is -0.672 e. The number of hydrogen-bond donors (Lipinski definition) is 0. The molecule has 0 bridgehead atoms. The van der Waals surface area contributed by atoms with Gasteiger partial charge in [-0.3, -0.25) is 0 Å². The van der Waals surface area contributed by atoms with E-state index in [9.17, 15) is 0 Å². The molecule has 0 aromatic heterocycles. The van der Waals surface area contributed by atoms with Crippen molar-refractivity contribution in [3.63, 3.8) is 0 Å². The van der Waals surface area contributed by atoms with Gasteiger partial charge in [-0.15, -0.1) is 0 Å². The third-order valence-electron chi connectivity index (χ3n) is 0. The second-order valence-corrected chi connectivity index (χ2v) is 1.50. The van der Waals surface area contributed by atoms with Crippen molar-refractivity contribution in [3.05, 3.63) is 0 Å². The van der Waals surface area contributed by atoms with E-state index in [0.717, 1.165) is 0 Å². The van der Waals surface area contributed by atoms with Gasteiger partial charge < -0.3 is 28.1 Å². The van der Waals surface area contributed by atoms with E-state index in [-0.39, 0.29) is 152 Å². The van der Waals surface area contributed by atoms with Crippen molar-refractivity contribution >= 4 is 67.2 Å². The smallest absolute Gasteiger partial charge is 0.672 e. The number of hydrogen-bond acceptors (Lipinski definition) is 6. The molecule has 0 rings (SSSR count). The molecule has 0 radical (unpaired) electrons. The first-order chi connectivity index (χ1) is 3.46. The van der Waals surface area contributed by atoms with Crippen molar-refractivity contribution in [2.45, 2.75) is 0 Å². The Morgan fingerprint density at radius 3 is 0.727 bits per heavy atom. The molecule has 0 heterocycles. The summed E-state index contributed by atoms with van der Waals surface area (Å²) in [6.07, 6.45) is 0. The Morgan fingerprint density at radius 1 is 0.727 bits per heavy atom. The molecule has 0 unspecified atom stereocenters. The molecule has 0 amide bonds. The molecule has 0 saturated heterocycles. The normalized spacial score (nSPS) is 4.36. The average Bonchev–Trinajstić information content (AvgIpc) is 1.25. The van der Waals surface area contributed by atoms with Crippen molar-refractivity contribution in [3.8, 4) is 0 Å². The molecule has 0 saturated carbocycles. The second-order valence-electron chi connectivity index (χ2n) is 0.500. The molecule has 0 aliphatic heterocycles. The summed E-state index contributed by atoms with van der Waals surface area (Å²) in [5.74, 6) is 0. The summed E-state index contributed by atoms with van der Waals surface area (Å²) in [6, 6.07) is 0. The molecule has 48 valence electrons. The average molecular weight is 368 g/mol. The van der Waals surface area contributed by atoms with Crippen LogP contribution < -0.4 is 122 Å². The minimum absolute atomic E-state index is 0. The molecule has 11 heavy (non-hydrogen) atoms. The van der Waals surface area contributed by atoms with E-state index in [1.54, 1.807) is 0 Å².